The first-order valence-electron chi connectivity index (χ1n) is 5.35. The lowest BCUT2D eigenvalue weighted by atomic mass is 10.2. The third-order valence-corrected chi connectivity index (χ3v) is 2.58. The van der Waals surface area contributed by atoms with Crippen LogP contribution >= 0.6 is 0 Å². The van der Waals surface area contributed by atoms with Crippen molar-refractivity contribution in [3.8, 4) is 0 Å². The molecule has 0 amide bonds. The molecule has 0 spiro atoms. The third-order valence-electron chi connectivity index (χ3n) is 2.58. The number of anilines is 1. The molecule has 0 fully saturated rings. The van der Waals surface area contributed by atoms with Crippen LogP contribution in [0.1, 0.15) is 0 Å². The van der Waals surface area contributed by atoms with E-state index in [2.05, 4.69) is 41.3 Å². The second kappa shape index (κ2) is 4.71. The molecule has 16 heavy (non-hydrogen) atoms. The molecule has 1 heterocycles. The van der Waals surface area contributed by atoms with E-state index in [1.807, 2.05) is 43.6 Å². The van der Waals surface area contributed by atoms with Crippen molar-refractivity contribution in [2.24, 2.45) is 0 Å². The van der Waals surface area contributed by atoms with Gasteiger partial charge in [0.15, 0.2) is 0 Å². The fourth-order valence-corrected chi connectivity index (χ4v) is 1.61. The third kappa shape index (κ3) is 2.34. The number of nitrogens with zero attached hydrogens (tertiary/aromatic N) is 2. The molecule has 0 N–H and O–H groups in total. The normalized spacial score (nSPS) is 16.9. The smallest absolute Gasteiger partial charge is 0.0568 e. The lowest BCUT2D eigenvalue weighted by Gasteiger charge is -2.22. The molecule has 0 aromatic heterocycles. The van der Waals surface area contributed by atoms with Gasteiger partial charge in [-0.25, -0.2) is 0 Å². The Hall–Kier alpha value is -1.96. The van der Waals surface area contributed by atoms with E-state index in [1.165, 1.54) is 11.4 Å². The molecule has 0 saturated carbocycles. The van der Waals surface area contributed by atoms with Crippen LogP contribution in [0.4, 0.5) is 5.69 Å². The van der Waals surface area contributed by atoms with Crippen molar-refractivity contribution in [3.63, 3.8) is 0 Å². The molecule has 2 heteroatoms. The van der Waals surface area contributed by atoms with Gasteiger partial charge in [-0.2, -0.15) is 0 Å². The topological polar surface area (TPSA) is 6.48 Å². The number of para-hydroxylation sites is 1. The van der Waals surface area contributed by atoms with Crippen molar-refractivity contribution < 1.29 is 0 Å². The van der Waals surface area contributed by atoms with E-state index in [4.69, 9.17) is 0 Å². The van der Waals surface area contributed by atoms with Crippen molar-refractivity contribution in [3.05, 3.63) is 66.7 Å². The molecule has 0 atom stereocenters. The van der Waals surface area contributed by atoms with Crippen molar-refractivity contribution in [1.82, 2.24) is 4.90 Å². The number of benzene rings is 1. The lowest BCUT2D eigenvalue weighted by molar-refractivity contribution is 0.581. The van der Waals surface area contributed by atoms with E-state index in [9.17, 15) is 0 Å². The van der Waals surface area contributed by atoms with E-state index in [-0.39, 0.29) is 0 Å². The maximum absolute atomic E-state index is 2.12. The summed E-state index contributed by atoms with van der Waals surface area (Å²) in [5.41, 5.74) is 2.36. The van der Waals surface area contributed by atoms with Crippen LogP contribution in [-0.2, 0) is 0 Å². The van der Waals surface area contributed by atoms with Crippen LogP contribution in [0.15, 0.2) is 66.7 Å². The number of rotatable bonds is 2. The lowest BCUT2D eigenvalue weighted by Crippen LogP contribution is -2.16. The van der Waals surface area contributed by atoms with Gasteiger partial charge in [0, 0.05) is 32.2 Å². The summed E-state index contributed by atoms with van der Waals surface area (Å²) >= 11 is 0. The zero-order valence-electron chi connectivity index (χ0n) is 9.67. The predicted molar refractivity (Wildman–Crippen MR) is 69.0 cm³/mol. The SMILES string of the molecule is CN1C=CC=C/C1=C/N(C)c1ccccc1. The molecule has 2 nitrogen and oxygen atoms in total. The van der Waals surface area contributed by atoms with Crippen LogP contribution in [-0.4, -0.2) is 19.0 Å². The first-order valence-corrected chi connectivity index (χ1v) is 5.35. The Morgan fingerprint density at radius 3 is 2.56 bits per heavy atom. The highest BCUT2D eigenvalue weighted by Crippen LogP contribution is 2.15. The molecule has 1 aliphatic heterocycles. The van der Waals surface area contributed by atoms with Gasteiger partial charge in [0.25, 0.3) is 0 Å². The van der Waals surface area contributed by atoms with Gasteiger partial charge in [-0.05, 0) is 24.3 Å². The first kappa shape index (κ1) is 10.6. The summed E-state index contributed by atoms with van der Waals surface area (Å²) in [5.74, 6) is 0. The standard InChI is InChI=1S/C14H16N2/c1-15-11-7-6-10-14(15)12-16(2)13-8-4-3-5-9-13/h3-12H,1-2H3/b14-12-. The highest BCUT2D eigenvalue weighted by Gasteiger charge is 2.03. The number of likely N-dealkylation sites (N-methyl/N-ethyl adjacent to an activating group) is 1. The summed E-state index contributed by atoms with van der Waals surface area (Å²) in [7, 11) is 4.10. The van der Waals surface area contributed by atoms with Crippen molar-refractivity contribution in [2.75, 3.05) is 19.0 Å². The van der Waals surface area contributed by atoms with Gasteiger partial charge in [0.1, 0.15) is 0 Å². The molecule has 1 aliphatic rings. The Morgan fingerprint density at radius 1 is 1.12 bits per heavy atom. The van der Waals surface area contributed by atoms with Gasteiger partial charge < -0.3 is 9.80 Å². The van der Waals surface area contributed by atoms with E-state index in [0.717, 1.165) is 0 Å². The van der Waals surface area contributed by atoms with Crippen LogP contribution < -0.4 is 4.90 Å². The molecule has 0 saturated heterocycles. The molecule has 1 aromatic carbocycles. The van der Waals surface area contributed by atoms with E-state index in [1.54, 1.807) is 0 Å². The highest BCUT2D eigenvalue weighted by atomic mass is 15.1. The minimum atomic E-state index is 1.17. The predicted octanol–water partition coefficient (Wildman–Crippen LogP) is 2.98. The van der Waals surface area contributed by atoms with Gasteiger partial charge in [0.2, 0.25) is 0 Å². The maximum atomic E-state index is 2.12. The first-order chi connectivity index (χ1) is 7.77. The van der Waals surface area contributed by atoms with Gasteiger partial charge >= 0.3 is 0 Å². The van der Waals surface area contributed by atoms with Gasteiger partial charge in [-0.1, -0.05) is 24.3 Å². The molecule has 0 radical (unpaired) electrons. The molecule has 1 aromatic rings. The Balaban J connectivity index is 2.18. The summed E-state index contributed by atoms with van der Waals surface area (Å²) < 4.78 is 0. The molecular formula is C14H16N2. The Kier molecular flexibility index (Phi) is 3.10. The minimum absolute atomic E-state index is 1.17. The van der Waals surface area contributed by atoms with Crippen molar-refractivity contribution in [2.45, 2.75) is 0 Å². The highest BCUT2D eigenvalue weighted by molar-refractivity contribution is 5.49. The second-order valence-corrected chi connectivity index (χ2v) is 3.81. The quantitative estimate of drug-likeness (QED) is 0.743. The molecule has 0 unspecified atom stereocenters. The second-order valence-electron chi connectivity index (χ2n) is 3.81. The monoisotopic (exact) mass is 212 g/mol. The Labute approximate surface area is 96.8 Å². The fraction of sp³-hybridized carbons (Fsp3) is 0.143. The van der Waals surface area contributed by atoms with Crippen LogP contribution in [0.2, 0.25) is 0 Å². The number of allylic oxidation sites excluding steroid dienone is 3. The number of hydrogen-bond acceptors (Lipinski definition) is 2. The summed E-state index contributed by atoms with van der Waals surface area (Å²) in [6, 6.07) is 10.3. The van der Waals surface area contributed by atoms with Crippen molar-refractivity contribution in [1.29, 1.82) is 0 Å². The van der Waals surface area contributed by atoms with Gasteiger partial charge in [0.05, 0.1) is 5.70 Å². The average Bonchev–Trinajstić information content (AvgIpc) is 2.33. The van der Waals surface area contributed by atoms with E-state index < -0.39 is 0 Å². The van der Waals surface area contributed by atoms with Crippen LogP contribution in [0.3, 0.4) is 0 Å². The van der Waals surface area contributed by atoms with Gasteiger partial charge in [-0.3, -0.25) is 0 Å². The van der Waals surface area contributed by atoms with Gasteiger partial charge in [-0.15, -0.1) is 0 Å². The molecule has 0 aliphatic carbocycles. The average molecular weight is 212 g/mol. The Bertz CT molecular complexity index is 429. The van der Waals surface area contributed by atoms with Crippen LogP contribution in [0, 0.1) is 0 Å². The number of hydrogen-bond donors (Lipinski definition) is 0. The van der Waals surface area contributed by atoms with Crippen LogP contribution in [0.25, 0.3) is 0 Å². The summed E-state index contributed by atoms with van der Waals surface area (Å²) in [4.78, 5) is 4.22. The van der Waals surface area contributed by atoms with Crippen molar-refractivity contribution >= 4 is 5.69 Å². The van der Waals surface area contributed by atoms with E-state index in [0.29, 0.717) is 0 Å². The Morgan fingerprint density at radius 2 is 1.88 bits per heavy atom. The largest absolute Gasteiger partial charge is 0.350 e. The zero-order chi connectivity index (χ0) is 11.4. The molecule has 2 rings (SSSR count). The fourth-order valence-electron chi connectivity index (χ4n) is 1.61. The molecule has 82 valence electrons. The van der Waals surface area contributed by atoms with Crippen LogP contribution in [0.5, 0.6) is 0 Å². The molecule has 0 bridgehead atoms. The minimum Gasteiger partial charge on any atom is -0.350 e. The summed E-state index contributed by atoms with van der Waals surface area (Å²) in [6.07, 6.45) is 10.3. The zero-order valence-corrected chi connectivity index (χ0v) is 9.67. The molecular weight excluding hydrogens is 196 g/mol. The maximum Gasteiger partial charge on any atom is 0.0568 e. The summed E-state index contributed by atoms with van der Waals surface area (Å²) in [5, 5.41) is 0. The summed E-state index contributed by atoms with van der Waals surface area (Å²) in [6.45, 7) is 0. The van der Waals surface area contributed by atoms with E-state index >= 15 is 0 Å².